The summed E-state index contributed by atoms with van der Waals surface area (Å²) in [5, 5.41) is 2.85. The van der Waals surface area contributed by atoms with E-state index >= 15 is 0 Å². The average Bonchev–Trinajstić information content (AvgIpc) is 2.38. The Hall–Kier alpha value is -1.18. The van der Waals surface area contributed by atoms with E-state index in [0.29, 0.717) is 18.8 Å². The Kier molecular flexibility index (Phi) is 5.52. The molecule has 1 heterocycles. The smallest absolute Gasteiger partial charge is 0.260 e. The summed E-state index contributed by atoms with van der Waals surface area (Å²) in [6.07, 6.45) is 1.47. The van der Waals surface area contributed by atoms with E-state index in [-0.39, 0.29) is 5.03 Å². The maximum atomic E-state index is 12.0. The number of nitrogens with one attached hydrogen (secondary N) is 2. The van der Waals surface area contributed by atoms with Gasteiger partial charge in [0, 0.05) is 26.3 Å². The van der Waals surface area contributed by atoms with Gasteiger partial charge in [-0.15, -0.1) is 0 Å². The van der Waals surface area contributed by atoms with Gasteiger partial charge in [0.25, 0.3) is 10.0 Å². The van der Waals surface area contributed by atoms with Crippen LogP contribution < -0.4 is 10.0 Å². The third-order valence-corrected chi connectivity index (χ3v) is 4.04. The maximum absolute atomic E-state index is 12.0. The predicted molar refractivity (Wildman–Crippen MR) is 72.1 cm³/mol. The van der Waals surface area contributed by atoms with Crippen LogP contribution in [0.15, 0.2) is 23.4 Å². The van der Waals surface area contributed by atoms with Crippen LogP contribution in [0.5, 0.6) is 0 Å². The van der Waals surface area contributed by atoms with Crippen LogP contribution in [0.1, 0.15) is 6.92 Å². The molecule has 0 aliphatic heterocycles. The molecule has 1 rings (SSSR count). The van der Waals surface area contributed by atoms with Gasteiger partial charge in [0.05, 0.1) is 5.69 Å². The Morgan fingerprint density at radius 3 is 2.78 bits per heavy atom. The van der Waals surface area contributed by atoms with Crippen LogP contribution in [0.4, 0.5) is 5.69 Å². The molecule has 0 fully saturated rings. The van der Waals surface area contributed by atoms with Crippen LogP contribution in [0.3, 0.4) is 0 Å². The molecule has 0 unspecified atom stereocenters. The maximum Gasteiger partial charge on any atom is 0.260 e. The van der Waals surface area contributed by atoms with E-state index in [1.54, 1.807) is 19.2 Å². The quantitative estimate of drug-likeness (QED) is 0.749. The molecule has 0 saturated heterocycles. The van der Waals surface area contributed by atoms with Crippen molar-refractivity contribution in [2.24, 2.45) is 0 Å². The lowest BCUT2D eigenvalue weighted by atomic mass is 10.4. The number of likely N-dealkylation sites (N-methyl/N-ethyl adjacent to an activating group) is 1. The Balaban J connectivity index is 2.74. The Morgan fingerprint density at radius 1 is 1.44 bits per heavy atom. The van der Waals surface area contributed by atoms with Crippen LogP contribution in [0.25, 0.3) is 0 Å². The number of nitrogens with zero attached hydrogens (tertiary/aromatic N) is 2. The van der Waals surface area contributed by atoms with E-state index in [2.05, 4.69) is 15.0 Å². The summed E-state index contributed by atoms with van der Waals surface area (Å²) in [5.41, 5.74) is 0.494. The lowest BCUT2D eigenvalue weighted by Gasteiger charge is -2.14. The molecule has 0 aromatic carbocycles. The molecular weight excluding hydrogens is 252 g/mol. The molecule has 18 heavy (non-hydrogen) atoms. The van der Waals surface area contributed by atoms with Crippen molar-refractivity contribution in [3.63, 3.8) is 0 Å². The number of aromatic nitrogens is 1. The highest BCUT2D eigenvalue weighted by molar-refractivity contribution is 7.89. The SMILES string of the molecule is CCN(C)CCNS(=O)(=O)c1ncccc1NC. The molecule has 0 bridgehead atoms. The summed E-state index contributed by atoms with van der Waals surface area (Å²) in [7, 11) is 0.0489. The van der Waals surface area contributed by atoms with Gasteiger partial charge in [-0.3, -0.25) is 0 Å². The highest BCUT2D eigenvalue weighted by Gasteiger charge is 2.18. The molecule has 2 N–H and O–H groups in total. The fourth-order valence-electron chi connectivity index (χ4n) is 1.39. The van der Waals surface area contributed by atoms with Crippen LogP contribution in [-0.4, -0.2) is 52.0 Å². The monoisotopic (exact) mass is 272 g/mol. The summed E-state index contributed by atoms with van der Waals surface area (Å²) < 4.78 is 26.6. The second-order valence-electron chi connectivity index (χ2n) is 3.90. The van der Waals surface area contributed by atoms with Crippen molar-refractivity contribution in [3.05, 3.63) is 18.3 Å². The zero-order chi connectivity index (χ0) is 13.6. The highest BCUT2D eigenvalue weighted by Crippen LogP contribution is 2.16. The molecule has 0 aliphatic carbocycles. The first-order chi connectivity index (χ1) is 8.51. The Bertz CT molecular complexity index is 476. The molecule has 0 saturated carbocycles. The first-order valence-electron chi connectivity index (χ1n) is 5.82. The summed E-state index contributed by atoms with van der Waals surface area (Å²) in [4.78, 5) is 5.94. The lowest BCUT2D eigenvalue weighted by molar-refractivity contribution is 0.358. The third kappa shape index (κ3) is 3.94. The largest absolute Gasteiger partial charge is 0.386 e. The van der Waals surface area contributed by atoms with Gasteiger partial charge in [0.1, 0.15) is 0 Å². The number of anilines is 1. The second kappa shape index (κ2) is 6.67. The van der Waals surface area contributed by atoms with Gasteiger partial charge in [0.2, 0.25) is 0 Å². The topological polar surface area (TPSA) is 74.3 Å². The van der Waals surface area contributed by atoms with Gasteiger partial charge >= 0.3 is 0 Å². The minimum Gasteiger partial charge on any atom is -0.386 e. The van der Waals surface area contributed by atoms with Crippen molar-refractivity contribution in [2.75, 3.05) is 39.0 Å². The van der Waals surface area contributed by atoms with Crippen molar-refractivity contribution in [1.82, 2.24) is 14.6 Å². The number of rotatable bonds is 7. The summed E-state index contributed by atoms with van der Waals surface area (Å²) >= 11 is 0. The normalized spacial score (nSPS) is 11.8. The van der Waals surface area contributed by atoms with Gasteiger partial charge in [-0.25, -0.2) is 18.1 Å². The van der Waals surface area contributed by atoms with Gasteiger partial charge < -0.3 is 10.2 Å². The molecule has 0 amide bonds. The van der Waals surface area contributed by atoms with Gasteiger partial charge in [-0.2, -0.15) is 0 Å². The standard InChI is InChI=1S/C11H20N4O2S/c1-4-15(3)9-8-14-18(16,17)11-10(12-2)6-5-7-13-11/h5-7,12,14H,4,8-9H2,1-3H3. The molecule has 7 heteroatoms. The van der Waals surface area contributed by atoms with Gasteiger partial charge in [-0.05, 0) is 25.7 Å². The second-order valence-corrected chi connectivity index (χ2v) is 5.58. The number of sulfonamides is 1. The van der Waals surface area contributed by atoms with Gasteiger partial charge in [-0.1, -0.05) is 6.92 Å². The summed E-state index contributed by atoms with van der Waals surface area (Å²) in [5.74, 6) is 0. The lowest BCUT2D eigenvalue weighted by Crippen LogP contribution is -2.33. The Labute approximate surface area is 108 Å². The summed E-state index contributed by atoms with van der Waals surface area (Å²) in [6.45, 7) is 3.93. The zero-order valence-electron chi connectivity index (χ0n) is 11.0. The number of hydrogen-bond donors (Lipinski definition) is 2. The molecule has 0 atom stereocenters. The van der Waals surface area contributed by atoms with Crippen molar-refractivity contribution in [1.29, 1.82) is 0 Å². The van der Waals surface area contributed by atoms with Crippen molar-refractivity contribution < 1.29 is 8.42 Å². The van der Waals surface area contributed by atoms with E-state index in [1.807, 2.05) is 18.9 Å². The Morgan fingerprint density at radius 2 is 2.17 bits per heavy atom. The first-order valence-corrected chi connectivity index (χ1v) is 7.30. The van der Waals surface area contributed by atoms with Crippen molar-refractivity contribution in [3.8, 4) is 0 Å². The summed E-state index contributed by atoms with van der Waals surface area (Å²) in [6, 6.07) is 3.37. The van der Waals surface area contributed by atoms with Gasteiger partial charge in [0.15, 0.2) is 5.03 Å². The zero-order valence-corrected chi connectivity index (χ0v) is 11.8. The molecule has 102 valence electrons. The number of pyridine rings is 1. The van der Waals surface area contributed by atoms with E-state index in [4.69, 9.17) is 0 Å². The number of hydrogen-bond acceptors (Lipinski definition) is 5. The van der Waals surface area contributed by atoms with Crippen molar-refractivity contribution >= 4 is 15.7 Å². The third-order valence-electron chi connectivity index (χ3n) is 2.62. The van der Waals surface area contributed by atoms with Crippen LogP contribution in [0.2, 0.25) is 0 Å². The molecule has 1 aromatic heterocycles. The minimum absolute atomic E-state index is 0.0339. The highest BCUT2D eigenvalue weighted by atomic mass is 32.2. The molecule has 0 aliphatic rings. The predicted octanol–water partition coefficient (Wildman–Crippen LogP) is 0.353. The van der Waals surface area contributed by atoms with E-state index in [1.165, 1.54) is 6.20 Å². The van der Waals surface area contributed by atoms with Crippen molar-refractivity contribution in [2.45, 2.75) is 11.9 Å². The van der Waals surface area contributed by atoms with Crippen LogP contribution in [0, 0.1) is 0 Å². The molecular formula is C11H20N4O2S. The minimum atomic E-state index is -3.56. The van der Waals surface area contributed by atoms with E-state index in [9.17, 15) is 8.42 Å². The molecule has 6 nitrogen and oxygen atoms in total. The first kappa shape index (κ1) is 14.9. The van der Waals surface area contributed by atoms with Crippen LogP contribution >= 0.6 is 0 Å². The fraction of sp³-hybridized carbons (Fsp3) is 0.545. The molecule has 0 radical (unpaired) electrons. The van der Waals surface area contributed by atoms with E-state index in [0.717, 1.165) is 6.54 Å². The van der Waals surface area contributed by atoms with Crippen LogP contribution in [-0.2, 0) is 10.0 Å². The average molecular weight is 272 g/mol. The van der Waals surface area contributed by atoms with E-state index < -0.39 is 10.0 Å². The fourth-order valence-corrected chi connectivity index (χ4v) is 2.55. The molecule has 1 aromatic rings. The molecule has 0 spiro atoms.